The second kappa shape index (κ2) is 5.30. The van der Waals surface area contributed by atoms with Gasteiger partial charge in [-0.2, -0.15) is 20.0 Å². The van der Waals surface area contributed by atoms with Crippen LogP contribution in [0.1, 0.15) is 23.4 Å². The van der Waals surface area contributed by atoms with Crippen LogP contribution in [0, 0.1) is 4.77 Å². The van der Waals surface area contributed by atoms with Crippen molar-refractivity contribution in [3.63, 3.8) is 0 Å². The van der Waals surface area contributed by atoms with Crippen molar-refractivity contribution in [3.05, 3.63) is 46.1 Å². The van der Waals surface area contributed by atoms with E-state index in [9.17, 15) is 0 Å². The zero-order chi connectivity index (χ0) is 14.9. The van der Waals surface area contributed by atoms with Gasteiger partial charge in [-0.1, -0.05) is 6.07 Å². The molecule has 0 aliphatic heterocycles. The molecule has 2 N–H and O–H groups in total. The van der Waals surface area contributed by atoms with Crippen LogP contribution in [0.5, 0.6) is 0 Å². The minimum Gasteiger partial charge on any atom is -0.282 e. The number of nitrogens with one attached hydrogen (secondary N) is 2. The van der Waals surface area contributed by atoms with E-state index in [0.717, 1.165) is 30.7 Å². The lowest BCUT2D eigenvalue weighted by atomic mass is 10.2. The average Bonchev–Trinajstić information content (AvgIpc) is 3.22. The molecule has 3 heterocycles. The van der Waals surface area contributed by atoms with Crippen molar-refractivity contribution in [2.24, 2.45) is 5.10 Å². The number of hydrogen-bond acceptors (Lipinski definition) is 5. The first kappa shape index (κ1) is 13.1. The number of aromatic amines is 2. The molecule has 7 nitrogen and oxygen atoms in total. The second-order valence-electron chi connectivity index (χ2n) is 5.05. The van der Waals surface area contributed by atoms with E-state index in [1.807, 2.05) is 18.2 Å². The maximum absolute atomic E-state index is 5.26. The van der Waals surface area contributed by atoms with Crippen molar-refractivity contribution in [2.75, 3.05) is 0 Å². The van der Waals surface area contributed by atoms with Crippen LogP contribution in [0.25, 0.3) is 11.5 Å². The lowest BCUT2D eigenvalue weighted by Gasteiger charge is -1.99. The Balaban J connectivity index is 1.76. The van der Waals surface area contributed by atoms with Gasteiger partial charge in [0.25, 0.3) is 0 Å². The molecule has 0 saturated heterocycles. The van der Waals surface area contributed by atoms with Gasteiger partial charge in [0, 0.05) is 17.5 Å². The zero-order valence-electron chi connectivity index (χ0n) is 11.7. The predicted molar refractivity (Wildman–Crippen MR) is 84.2 cm³/mol. The number of pyridine rings is 1. The van der Waals surface area contributed by atoms with Gasteiger partial charge in [-0.25, -0.2) is 5.10 Å². The van der Waals surface area contributed by atoms with Gasteiger partial charge in [-0.3, -0.25) is 10.1 Å². The number of hydrogen-bond donors (Lipinski definition) is 2. The molecule has 4 rings (SSSR count). The van der Waals surface area contributed by atoms with Crippen molar-refractivity contribution in [3.8, 4) is 11.5 Å². The van der Waals surface area contributed by atoms with Gasteiger partial charge in [-0.05, 0) is 43.6 Å². The summed E-state index contributed by atoms with van der Waals surface area (Å²) >= 11 is 5.26. The smallest absolute Gasteiger partial charge is 0.216 e. The molecule has 0 spiro atoms. The number of H-pyrrole nitrogens is 2. The Hall–Kier alpha value is -2.61. The monoisotopic (exact) mass is 311 g/mol. The van der Waals surface area contributed by atoms with Crippen LogP contribution in [0.2, 0.25) is 0 Å². The van der Waals surface area contributed by atoms with E-state index >= 15 is 0 Å². The Bertz CT molecular complexity index is 888. The molecule has 3 aromatic heterocycles. The average molecular weight is 311 g/mol. The quantitative estimate of drug-likeness (QED) is 0.573. The SMILES string of the molecule is S=c1[nH]nc(-c2n[nH]c3c2CCC3)n1/N=C/c1ccccn1. The predicted octanol–water partition coefficient (Wildman–Crippen LogP) is 2.10. The topological polar surface area (TPSA) is 87.5 Å². The lowest BCUT2D eigenvalue weighted by Crippen LogP contribution is -1.98. The van der Waals surface area contributed by atoms with E-state index in [2.05, 4.69) is 30.5 Å². The summed E-state index contributed by atoms with van der Waals surface area (Å²) < 4.78 is 2.01. The normalized spacial score (nSPS) is 13.8. The fraction of sp³-hybridized carbons (Fsp3) is 0.214. The Morgan fingerprint density at radius 2 is 2.18 bits per heavy atom. The molecule has 3 aromatic rings. The number of aromatic nitrogens is 6. The highest BCUT2D eigenvalue weighted by atomic mass is 32.1. The van der Waals surface area contributed by atoms with Crippen LogP contribution >= 0.6 is 12.2 Å². The molecule has 0 amide bonds. The van der Waals surface area contributed by atoms with E-state index in [4.69, 9.17) is 12.2 Å². The Morgan fingerprint density at radius 1 is 1.23 bits per heavy atom. The lowest BCUT2D eigenvalue weighted by molar-refractivity contribution is 0.843. The molecular formula is C14H13N7S. The molecule has 0 unspecified atom stereocenters. The first-order valence-corrected chi connectivity index (χ1v) is 7.43. The largest absolute Gasteiger partial charge is 0.282 e. The van der Waals surface area contributed by atoms with Crippen LogP contribution in [0.4, 0.5) is 0 Å². The van der Waals surface area contributed by atoms with E-state index in [1.54, 1.807) is 17.1 Å². The third kappa shape index (κ3) is 2.17. The zero-order valence-corrected chi connectivity index (χ0v) is 12.5. The number of fused-ring (bicyclic) bond motifs is 1. The Labute approximate surface area is 131 Å². The molecule has 0 atom stereocenters. The summed E-state index contributed by atoms with van der Waals surface area (Å²) in [6.45, 7) is 0. The van der Waals surface area contributed by atoms with Crippen molar-refractivity contribution in [1.82, 2.24) is 30.1 Å². The molecule has 110 valence electrons. The number of rotatable bonds is 3. The Morgan fingerprint density at radius 3 is 3.05 bits per heavy atom. The highest BCUT2D eigenvalue weighted by Gasteiger charge is 2.23. The molecule has 0 aromatic carbocycles. The highest BCUT2D eigenvalue weighted by Crippen LogP contribution is 2.29. The minimum absolute atomic E-state index is 0.428. The molecule has 0 radical (unpaired) electrons. The van der Waals surface area contributed by atoms with Gasteiger partial charge in [-0.15, -0.1) is 0 Å². The summed E-state index contributed by atoms with van der Waals surface area (Å²) in [5.74, 6) is 0.622. The first-order chi connectivity index (χ1) is 10.8. The van der Waals surface area contributed by atoms with Gasteiger partial charge < -0.3 is 0 Å². The van der Waals surface area contributed by atoms with Gasteiger partial charge in [0.15, 0.2) is 0 Å². The maximum atomic E-state index is 5.26. The fourth-order valence-corrected chi connectivity index (χ4v) is 2.80. The summed E-state index contributed by atoms with van der Waals surface area (Å²) in [6.07, 6.45) is 6.55. The van der Waals surface area contributed by atoms with E-state index < -0.39 is 0 Å². The van der Waals surface area contributed by atoms with Crippen LogP contribution < -0.4 is 0 Å². The molecular weight excluding hydrogens is 298 g/mol. The van der Waals surface area contributed by atoms with Crippen molar-refractivity contribution in [1.29, 1.82) is 0 Å². The number of aryl methyl sites for hydroxylation is 1. The third-order valence-corrected chi connectivity index (χ3v) is 3.93. The third-order valence-electron chi connectivity index (χ3n) is 3.66. The van der Waals surface area contributed by atoms with Crippen molar-refractivity contribution >= 4 is 18.4 Å². The molecule has 1 aliphatic rings. The van der Waals surface area contributed by atoms with E-state index in [0.29, 0.717) is 10.6 Å². The highest BCUT2D eigenvalue weighted by molar-refractivity contribution is 7.71. The van der Waals surface area contributed by atoms with E-state index in [-0.39, 0.29) is 0 Å². The van der Waals surface area contributed by atoms with Gasteiger partial charge >= 0.3 is 0 Å². The second-order valence-corrected chi connectivity index (χ2v) is 5.43. The molecule has 22 heavy (non-hydrogen) atoms. The van der Waals surface area contributed by atoms with Crippen LogP contribution in [0.3, 0.4) is 0 Å². The van der Waals surface area contributed by atoms with Gasteiger partial charge in [0.1, 0.15) is 5.69 Å². The summed E-state index contributed by atoms with van der Waals surface area (Å²) in [5.41, 5.74) is 3.97. The molecule has 8 heteroatoms. The molecule has 0 fully saturated rings. The standard InChI is InChI=1S/C14H13N7S/c22-14-20-19-13(12-10-5-3-6-11(10)17-18-12)21(14)16-8-9-4-1-2-7-15-9/h1-2,4,7-8H,3,5-6H2,(H,17,18)(H,20,22)/b16-8+. The first-order valence-electron chi connectivity index (χ1n) is 7.02. The maximum Gasteiger partial charge on any atom is 0.216 e. The molecule has 0 bridgehead atoms. The van der Waals surface area contributed by atoms with Crippen molar-refractivity contribution in [2.45, 2.75) is 19.3 Å². The number of nitrogens with zero attached hydrogens (tertiary/aromatic N) is 5. The van der Waals surface area contributed by atoms with Crippen LogP contribution in [0.15, 0.2) is 29.5 Å². The summed E-state index contributed by atoms with van der Waals surface area (Å²) in [5, 5.41) is 18.9. The van der Waals surface area contributed by atoms with Gasteiger partial charge in [0.05, 0.1) is 11.9 Å². The van der Waals surface area contributed by atoms with Crippen LogP contribution in [-0.2, 0) is 12.8 Å². The van der Waals surface area contributed by atoms with E-state index in [1.165, 1.54) is 11.3 Å². The molecule has 0 saturated carbocycles. The minimum atomic E-state index is 0.428. The van der Waals surface area contributed by atoms with Crippen molar-refractivity contribution < 1.29 is 0 Å². The Kier molecular flexibility index (Phi) is 3.15. The summed E-state index contributed by atoms with van der Waals surface area (Å²) in [4.78, 5) is 4.21. The molecule has 1 aliphatic carbocycles. The van der Waals surface area contributed by atoms with Crippen LogP contribution in [-0.4, -0.2) is 36.3 Å². The summed E-state index contributed by atoms with van der Waals surface area (Å²) in [7, 11) is 0. The van der Waals surface area contributed by atoms with Gasteiger partial charge in [0.2, 0.25) is 10.6 Å². The summed E-state index contributed by atoms with van der Waals surface area (Å²) in [6, 6.07) is 5.64. The fourth-order valence-electron chi connectivity index (χ4n) is 2.63.